The van der Waals surface area contributed by atoms with Crippen LogP contribution in [-0.4, -0.2) is 22.2 Å². The second-order valence-corrected chi connectivity index (χ2v) is 4.62. The molecule has 0 amide bonds. The number of rotatable bonds is 2. The summed E-state index contributed by atoms with van der Waals surface area (Å²) in [6, 6.07) is 8.60. The van der Waals surface area contributed by atoms with Crippen molar-refractivity contribution in [3.8, 4) is 11.5 Å². The molecule has 1 radical (unpaired) electrons. The molecular weight excluding hydrogens is 352 g/mol. The molecule has 2 aromatic rings. The molecule has 0 aliphatic heterocycles. The van der Waals surface area contributed by atoms with E-state index in [0.717, 1.165) is 11.1 Å². The summed E-state index contributed by atoms with van der Waals surface area (Å²) in [5.74, 6) is -3.21. The van der Waals surface area contributed by atoms with Gasteiger partial charge in [0, 0.05) is 11.1 Å². The SMILES string of the molecule is Cc1ccc(C(=O)[O-])c(O)c1.Cc1ccc(C(=O)[O-])c(O)c1.[Cu+2]. The molecule has 0 aromatic heterocycles. The maximum Gasteiger partial charge on any atom is 2.00 e. The Labute approximate surface area is 143 Å². The van der Waals surface area contributed by atoms with Gasteiger partial charge in [-0.1, -0.05) is 12.1 Å². The molecule has 0 fully saturated rings. The van der Waals surface area contributed by atoms with Gasteiger partial charge in [-0.2, -0.15) is 0 Å². The maximum atomic E-state index is 10.3. The predicted octanol–water partition coefficient (Wildman–Crippen LogP) is 0.126. The average molecular weight is 366 g/mol. The number of carboxylic acids is 2. The minimum Gasteiger partial charge on any atom is -0.545 e. The fourth-order valence-corrected chi connectivity index (χ4v) is 1.63. The Kier molecular flexibility index (Phi) is 7.87. The molecule has 0 saturated carbocycles. The van der Waals surface area contributed by atoms with Gasteiger partial charge in [0.15, 0.2) is 0 Å². The number of aromatic hydroxyl groups is 2. The first-order chi connectivity index (χ1) is 10.2. The molecule has 0 saturated heterocycles. The Morgan fingerprint density at radius 3 is 1.30 bits per heavy atom. The van der Waals surface area contributed by atoms with Crippen molar-refractivity contribution < 1.29 is 47.1 Å². The molecule has 2 aromatic carbocycles. The van der Waals surface area contributed by atoms with Gasteiger partial charge in [-0.3, -0.25) is 0 Å². The molecule has 0 spiro atoms. The van der Waals surface area contributed by atoms with Crippen LogP contribution in [0.5, 0.6) is 11.5 Å². The standard InChI is InChI=1S/2C8H8O3.Cu/c2*1-5-2-3-6(8(10)11)7(9)4-5;/h2*2-4,9H,1H3,(H,10,11);/q;;+2/p-2. The summed E-state index contributed by atoms with van der Waals surface area (Å²) >= 11 is 0. The van der Waals surface area contributed by atoms with Gasteiger partial charge in [0.1, 0.15) is 11.5 Å². The number of carbonyl (C=O) groups excluding carboxylic acids is 2. The third-order valence-corrected chi connectivity index (χ3v) is 2.75. The van der Waals surface area contributed by atoms with E-state index in [9.17, 15) is 19.8 Å². The van der Waals surface area contributed by atoms with Crippen LogP contribution in [0.4, 0.5) is 0 Å². The first-order valence-corrected chi connectivity index (χ1v) is 6.24. The Bertz CT molecular complexity index is 650. The molecule has 0 atom stereocenters. The number of phenols is 2. The van der Waals surface area contributed by atoms with Gasteiger partial charge in [-0.05, 0) is 49.2 Å². The number of hydrogen-bond donors (Lipinski definition) is 2. The normalized spacial score (nSPS) is 9.13. The van der Waals surface area contributed by atoms with Crippen LogP contribution in [0.25, 0.3) is 0 Å². The zero-order valence-corrected chi connectivity index (χ0v) is 13.2. The Morgan fingerprint density at radius 2 is 1.09 bits per heavy atom. The van der Waals surface area contributed by atoms with E-state index in [1.807, 2.05) is 0 Å². The summed E-state index contributed by atoms with van der Waals surface area (Å²) in [6.07, 6.45) is 0. The van der Waals surface area contributed by atoms with Crippen molar-refractivity contribution in [3.63, 3.8) is 0 Å². The Hall–Kier alpha value is -2.50. The second kappa shape index (κ2) is 8.82. The van der Waals surface area contributed by atoms with E-state index < -0.39 is 11.9 Å². The van der Waals surface area contributed by atoms with E-state index in [4.69, 9.17) is 10.2 Å². The van der Waals surface area contributed by atoms with Crippen molar-refractivity contribution in [1.29, 1.82) is 0 Å². The average Bonchev–Trinajstić information content (AvgIpc) is 2.38. The predicted molar refractivity (Wildman–Crippen MR) is 74.3 cm³/mol. The Morgan fingerprint density at radius 1 is 0.783 bits per heavy atom. The van der Waals surface area contributed by atoms with E-state index in [-0.39, 0.29) is 39.7 Å². The number of aromatic carboxylic acids is 2. The number of benzene rings is 2. The molecular formula is C16H14CuO6. The van der Waals surface area contributed by atoms with Crippen LogP contribution in [0.2, 0.25) is 0 Å². The summed E-state index contributed by atoms with van der Waals surface area (Å²) in [5.41, 5.74) is 1.28. The summed E-state index contributed by atoms with van der Waals surface area (Å²) in [5, 5.41) is 38.6. The summed E-state index contributed by atoms with van der Waals surface area (Å²) < 4.78 is 0. The van der Waals surface area contributed by atoms with Crippen molar-refractivity contribution >= 4 is 11.9 Å². The third-order valence-electron chi connectivity index (χ3n) is 2.75. The minimum atomic E-state index is -1.36. The van der Waals surface area contributed by atoms with Crippen LogP contribution in [0.3, 0.4) is 0 Å². The zero-order chi connectivity index (χ0) is 16.9. The summed E-state index contributed by atoms with van der Waals surface area (Å²) in [4.78, 5) is 20.5. The quantitative estimate of drug-likeness (QED) is 0.729. The van der Waals surface area contributed by atoms with Gasteiger partial charge in [0.2, 0.25) is 0 Å². The van der Waals surface area contributed by atoms with Crippen molar-refractivity contribution in [2.45, 2.75) is 13.8 Å². The van der Waals surface area contributed by atoms with Gasteiger partial charge in [-0.15, -0.1) is 0 Å². The van der Waals surface area contributed by atoms with Gasteiger partial charge >= 0.3 is 17.1 Å². The maximum absolute atomic E-state index is 10.3. The first-order valence-electron chi connectivity index (χ1n) is 6.24. The fourth-order valence-electron chi connectivity index (χ4n) is 1.63. The van der Waals surface area contributed by atoms with Crippen molar-refractivity contribution in [2.24, 2.45) is 0 Å². The van der Waals surface area contributed by atoms with Crippen molar-refractivity contribution in [3.05, 3.63) is 58.7 Å². The van der Waals surface area contributed by atoms with Gasteiger partial charge < -0.3 is 30.0 Å². The van der Waals surface area contributed by atoms with Crippen LogP contribution >= 0.6 is 0 Å². The summed E-state index contributed by atoms with van der Waals surface area (Å²) in [6.45, 7) is 3.53. The number of carbonyl (C=O) groups is 2. The van der Waals surface area contributed by atoms with Crippen LogP contribution in [0.15, 0.2) is 36.4 Å². The molecule has 0 aliphatic carbocycles. The van der Waals surface area contributed by atoms with E-state index >= 15 is 0 Å². The van der Waals surface area contributed by atoms with Gasteiger partial charge in [0.25, 0.3) is 0 Å². The minimum absolute atomic E-state index is 0. The van der Waals surface area contributed by atoms with Crippen LogP contribution in [0, 0.1) is 13.8 Å². The molecule has 0 aliphatic rings. The van der Waals surface area contributed by atoms with E-state index in [1.165, 1.54) is 24.3 Å². The van der Waals surface area contributed by atoms with Crippen LogP contribution in [0.1, 0.15) is 31.8 Å². The van der Waals surface area contributed by atoms with Crippen LogP contribution in [-0.2, 0) is 17.1 Å². The number of carboxylic acid groups (broad SMARTS) is 2. The number of aryl methyl sites for hydroxylation is 2. The van der Waals surface area contributed by atoms with Gasteiger partial charge in [-0.25, -0.2) is 0 Å². The molecule has 7 heteroatoms. The van der Waals surface area contributed by atoms with Crippen molar-refractivity contribution in [1.82, 2.24) is 0 Å². The van der Waals surface area contributed by atoms with E-state index in [2.05, 4.69) is 0 Å². The van der Waals surface area contributed by atoms with Crippen molar-refractivity contribution in [2.75, 3.05) is 0 Å². The molecule has 6 nitrogen and oxygen atoms in total. The molecule has 2 N–H and O–H groups in total. The molecule has 2 rings (SSSR count). The van der Waals surface area contributed by atoms with E-state index in [1.54, 1.807) is 26.0 Å². The number of hydrogen-bond acceptors (Lipinski definition) is 6. The van der Waals surface area contributed by atoms with E-state index in [0.29, 0.717) is 0 Å². The molecule has 0 unspecified atom stereocenters. The largest absolute Gasteiger partial charge is 2.00 e. The second-order valence-electron chi connectivity index (χ2n) is 4.62. The summed E-state index contributed by atoms with van der Waals surface area (Å²) in [7, 11) is 0. The topological polar surface area (TPSA) is 121 Å². The first kappa shape index (κ1) is 20.5. The molecule has 23 heavy (non-hydrogen) atoms. The molecule has 0 heterocycles. The third kappa shape index (κ3) is 6.02. The Balaban J connectivity index is 0.000000403. The fraction of sp³-hybridized carbons (Fsp3) is 0.125. The molecule has 125 valence electrons. The zero-order valence-electron chi connectivity index (χ0n) is 12.3. The van der Waals surface area contributed by atoms with Crippen LogP contribution < -0.4 is 10.2 Å². The smallest absolute Gasteiger partial charge is 0.545 e. The monoisotopic (exact) mass is 365 g/mol. The molecule has 0 bridgehead atoms. The van der Waals surface area contributed by atoms with Gasteiger partial charge in [0.05, 0.1) is 11.9 Å².